The number of carbonyl (C=O) groups excluding carboxylic acids is 1. The van der Waals surface area contributed by atoms with Crippen molar-refractivity contribution in [2.75, 3.05) is 0 Å². The molecular formula is C20H30O2. The maximum Gasteiger partial charge on any atom is 0.132 e. The third kappa shape index (κ3) is 5.15. The van der Waals surface area contributed by atoms with Crippen molar-refractivity contribution in [3.05, 3.63) is 29.8 Å². The largest absolute Gasteiger partial charge is 0.508 e. The number of aromatic hydroxyl groups is 1. The fourth-order valence-electron chi connectivity index (χ4n) is 3.73. The Bertz CT molecular complexity index is 439. The highest BCUT2D eigenvalue weighted by Gasteiger charge is 2.27. The zero-order valence-corrected chi connectivity index (χ0v) is 13.9. The highest BCUT2D eigenvalue weighted by atomic mass is 16.3. The molecule has 2 nitrogen and oxygen atoms in total. The molecule has 0 amide bonds. The lowest BCUT2D eigenvalue weighted by Gasteiger charge is -2.30. The second-order valence-corrected chi connectivity index (χ2v) is 6.78. The molecular weight excluding hydrogens is 272 g/mol. The van der Waals surface area contributed by atoms with Gasteiger partial charge in [-0.1, -0.05) is 51.2 Å². The van der Waals surface area contributed by atoms with Crippen LogP contribution >= 0.6 is 0 Å². The molecule has 0 radical (unpaired) electrons. The van der Waals surface area contributed by atoms with Gasteiger partial charge in [0.2, 0.25) is 0 Å². The van der Waals surface area contributed by atoms with Gasteiger partial charge in [-0.3, -0.25) is 4.79 Å². The van der Waals surface area contributed by atoms with Crippen LogP contribution in [0, 0.1) is 5.92 Å². The van der Waals surface area contributed by atoms with Gasteiger partial charge in [-0.05, 0) is 48.8 Å². The van der Waals surface area contributed by atoms with Gasteiger partial charge in [0.05, 0.1) is 0 Å². The quantitative estimate of drug-likeness (QED) is 0.635. The van der Waals surface area contributed by atoms with E-state index in [1.807, 2.05) is 0 Å². The number of unbranched alkanes of at least 4 members (excludes halogenated alkanes) is 4. The van der Waals surface area contributed by atoms with Crippen LogP contribution in [0.15, 0.2) is 24.3 Å². The first-order chi connectivity index (χ1) is 10.7. The minimum Gasteiger partial charge on any atom is -0.508 e. The summed E-state index contributed by atoms with van der Waals surface area (Å²) in [6, 6.07) is 7.74. The number of benzene rings is 1. The maximum absolute atomic E-state index is 11.5. The summed E-state index contributed by atoms with van der Waals surface area (Å²) >= 11 is 0. The molecule has 0 bridgehead atoms. The van der Waals surface area contributed by atoms with E-state index < -0.39 is 0 Å². The van der Waals surface area contributed by atoms with Crippen LogP contribution in [0.25, 0.3) is 0 Å². The van der Waals surface area contributed by atoms with Crippen LogP contribution in [0.2, 0.25) is 0 Å². The van der Waals surface area contributed by atoms with Crippen LogP contribution in [-0.2, 0) is 4.79 Å². The highest BCUT2D eigenvalue weighted by Crippen LogP contribution is 2.38. The van der Waals surface area contributed by atoms with Crippen molar-refractivity contribution in [2.45, 2.75) is 77.0 Å². The van der Waals surface area contributed by atoms with Crippen molar-refractivity contribution in [1.82, 2.24) is 0 Å². The predicted molar refractivity (Wildman–Crippen MR) is 91.2 cm³/mol. The molecule has 1 aromatic rings. The second-order valence-electron chi connectivity index (χ2n) is 6.78. The SMILES string of the molecule is CCCCCCCC(c1ccc(O)cc1)C1CCC(=O)CC1. The molecule has 1 fully saturated rings. The zero-order chi connectivity index (χ0) is 15.8. The molecule has 1 aromatic carbocycles. The number of carbonyl (C=O) groups is 1. The molecule has 1 N–H and O–H groups in total. The Balaban J connectivity index is 1.97. The van der Waals surface area contributed by atoms with Crippen LogP contribution < -0.4 is 0 Å². The molecule has 0 heterocycles. The first kappa shape index (κ1) is 17.1. The molecule has 0 aromatic heterocycles. The topological polar surface area (TPSA) is 37.3 Å². The number of phenols is 1. The first-order valence-corrected chi connectivity index (χ1v) is 9.01. The predicted octanol–water partition coefficient (Wildman–Crippen LogP) is 5.60. The molecule has 1 unspecified atom stereocenters. The normalized spacial score (nSPS) is 17.6. The number of Topliss-reactive ketones (excluding diaryl/α,β-unsaturated/α-hetero) is 1. The third-order valence-corrected chi connectivity index (χ3v) is 5.10. The van der Waals surface area contributed by atoms with Crippen molar-refractivity contribution in [3.63, 3.8) is 0 Å². The Morgan fingerprint density at radius 1 is 1.05 bits per heavy atom. The lowest BCUT2D eigenvalue weighted by molar-refractivity contribution is -0.121. The van der Waals surface area contributed by atoms with Gasteiger partial charge in [-0.25, -0.2) is 0 Å². The minimum absolute atomic E-state index is 0.337. The highest BCUT2D eigenvalue weighted by molar-refractivity contribution is 5.79. The summed E-state index contributed by atoms with van der Waals surface area (Å²) in [7, 11) is 0. The Kier molecular flexibility index (Phi) is 6.95. The van der Waals surface area contributed by atoms with E-state index in [0.717, 1.165) is 25.7 Å². The van der Waals surface area contributed by atoms with E-state index in [1.54, 1.807) is 12.1 Å². The third-order valence-electron chi connectivity index (χ3n) is 5.10. The Morgan fingerprint density at radius 2 is 1.68 bits per heavy atom. The number of hydrogen-bond acceptors (Lipinski definition) is 2. The van der Waals surface area contributed by atoms with Crippen molar-refractivity contribution < 1.29 is 9.90 Å². The van der Waals surface area contributed by atoms with E-state index in [1.165, 1.54) is 44.1 Å². The van der Waals surface area contributed by atoms with Crippen molar-refractivity contribution in [2.24, 2.45) is 5.92 Å². The van der Waals surface area contributed by atoms with Crippen molar-refractivity contribution >= 4 is 5.78 Å². The van der Waals surface area contributed by atoms with Gasteiger partial charge in [-0.2, -0.15) is 0 Å². The summed E-state index contributed by atoms with van der Waals surface area (Å²) in [5, 5.41) is 9.51. The van der Waals surface area contributed by atoms with Crippen LogP contribution in [0.5, 0.6) is 5.75 Å². The number of hydrogen-bond donors (Lipinski definition) is 1. The standard InChI is InChI=1S/C20H30O2/c1-2-3-4-5-6-7-20(16-8-12-18(21)13-9-16)17-10-14-19(22)15-11-17/h8-9,12-13,17,20-21H,2-7,10-11,14-15H2,1H3. The summed E-state index contributed by atoms with van der Waals surface area (Å²) in [4.78, 5) is 11.5. The molecule has 22 heavy (non-hydrogen) atoms. The summed E-state index contributed by atoms with van der Waals surface area (Å²) < 4.78 is 0. The minimum atomic E-state index is 0.337. The van der Waals surface area contributed by atoms with E-state index >= 15 is 0 Å². The fourth-order valence-corrected chi connectivity index (χ4v) is 3.73. The second kappa shape index (κ2) is 8.97. The lowest BCUT2D eigenvalue weighted by atomic mass is 9.74. The number of rotatable bonds is 8. The molecule has 2 rings (SSSR count). The van der Waals surface area contributed by atoms with Gasteiger partial charge in [0.1, 0.15) is 11.5 Å². The maximum atomic E-state index is 11.5. The summed E-state index contributed by atoms with van der Waals surface area (Å²) in [6.45, 7) is 2.25. The van der Waals surface area contributed by atoms with Crippen LogP contribution in [0.1, 0.15) is 82.6 Å². The molecule has 1 atom stereocenters. The van der Waals surface area contributed by atoms with E-state index in [2.05, 4.69) is 19.1 Å². The van der Waals surface area contributed by atoms with Crippen LogP contribution in [0.4, 0.5) is 0 Å². The molecule has 122 valence electrons. The molecule has 1 aliphatic rings. The van der Waals surface area contributed by atoms with E-state index in [0.29, 0.717) is 23.4 Å². The van der Waals surface area contributed by atoms with E-state index in [-0.39, 0.29) is 0 Å². The molecule has 2 heteroatoms. The van der Waals surface area contributed by atoms with Crippen LogP contribution in [0.3, 0.4) is 0 Å². The monoisotopic (exact) mass is 302 g/mol. The first-order valence-electron chi connectivity index (χ1n) is 9.01. The average Bonchev–Trinajstić information content (AvgIpc) is 2.53. The Morgan fingerprint density at radius 3 is 2.32 bits per heavy atom. The summed E-state index contributed by atoms with van der Waals surface area (Å²) in [5.41, 5.74) is 1.34. The summed E-state index contributed by atoms with van der Waals surface area (Å²) in [6.07, 6.45) is 11.4. The van der Waals surface area contributed by atoms with E-state index in [9.17, 15) is 9.90 Å². The number of ketones is 1. The molecule has 0 spiro atoms. The van der Waals surface area contributed by atoms with Gasteiger partial charge in [-0.15, -0.1) is 0 Å². The summed E-state index contributed by atoms with van der Waals surface area (Å²) in [5.74, 6) is 1.96. The van der Waals surface area contributed by atoms with E-state index in [4.69, 9.17) is 0 Å². The smallest absolute Gasteiger partial charge is 0.132 e. The van der Waals surface area contributed by atoms with Gasteiger partial charge in [0, 0.05) is 12.8 Å². The van der Waals surface area contributed by atoms with Crippen molar-refractivity contribution in [1.29, 1.82) is 0 Å². The van der Waals surface area contributed by atoms with Crippen LogP contribution in [-0.4, -0.2) is 10.9 Å². The van der Waals surface area contributed by atoms with Crippen molar-refractivity contribution in [3.8, 4) is 5.75 Å². The van der Waals surface area contributed by atoms with Gasteiger partial charge < -0.3 is 5.11 Å². The Hall–Kier alpha value is -1.31. The molecule has 0 saturated heterocycles. The Labute approximate surface area is 134 Å². The van der Waals surface area contributed by atoms with Gasteiger partial charge in [0.25, 0.3) is 0 Å². The molecule has 0 aliphatic heterocycles. The number of phenolic OH excluding ortho intramolecular Hbond substituents is 1. The van der Waals surface area contributed by atoms with Gasteiger partial charge >= 0.3 is 0 Å². The zero-order valence-electron chi connectivity index (χ0n) is 13.9. The molecule has 1 saturated carbocycles. The lowest BCUT2D eigenvalue weighted by Crippen LogP contribution is -2.20. The van der Waals surface area contributed by atoms with Gasteiger partial charge in [0.15, 0.2) is 0 Å². The fraction of sp³-hybridized carbons (Fsp3) is 0.650. The average molecular weight is 302 g/mol. The molecule has 1 aliphatic carbocycles.